The molecule has 0 aliphatic heterocycles. The maximum Gasteiger partial charge on any atom is 0.322 e. The summed E-state index contributed by atoms with van der Waals surface area (Å²) in [5.74, 6) is -0.905. The summed E-state index contributed by atoms with van der Waals surface area (Å²) in [6, 6.07) is 9.33. The fourth-order valence-electron chi connectivity index (χ4n) is 2.18. The molecule has 0 radical (unpaired) electrons. The van der Waals surface area contributed by atoms with Gasteiger partial charge in [-0.2, -0.15) is 0 Å². The molecule has 0 saturated heterocycles. The molecule has 2 aromatic rings. The molecule has 0 spiro atoms. The number of carbonyl (C=O) groups excluding carboxylic acids is 2. The molecule has 8 heteroatoms. The van der Waals surface area contributed by atoms with Gasteiger partial charge < -0.3 is 15.8 Å². The van der Waals surface area contributed by atoms with Gasteiger partial charge in [-0.05, 0) is 52.2 Å². The van der Waals surface area contributed by atoms with E-state index in [1.54, 1.807) is 36.4 Å². The molecule has 2 rings (SSSR count). The molecular formula is C17H15BrCl2N2O3. The van der Waals surface area contributed by atoms with Gasteiger partial charge in [-0.25, -0.2) is 0 Å². The Labute approximate surface area is 163 Å². The first kappa shape index (κ1) is 19.7. The summed E-state index contributed by atoms with van der Waals surface area (Å²) in [7, 11) is 1.29. The highest BCUT2D eigenvalue weighted by atomic mass is 79.9. The highest BCUT2D eigenvalue weighted by molar-refractivity contribution is 9.10. The third-order valence-corrected chi connectivity index (χ3v) is 4.72. The van der Waals surface area contributed by atoms with Crippen molar-refractivity contribution >= 4 is 56.7 Å². The van der Waals surface area contributed by atoms with Crippen LogP contribution in [0.4, 0.5) is 5.69 Å². The number of amides is 1. The van der Waals surface area contributed by atoms with Crippen LogP contribution in [0.15, 0.2) is 40.9 Å². The van der Waals surface area contributed by atoms with Crippen molar-refractivity contribution in [2.45, 2.75) is 12.5 Å². The van der Waals surface area contributed by atoms with Crippen LogP contribution >= 0.6 is 39.1 Å². The molecular weight excluding hydrogens is 431 g/mol. The molecule has 1 amide bonds. The van der Waals surface area contributed by atoms with Crippen LogP contribution < -0.4 is 11.1 Å². The summed E-state index contributed by atoms with van der Waals surface area (Å²) >= 11 is 15.5. The van der Waals surface area contributed by atoms with Crippen LogP contribution in [0, 0.1) is 0 Å². The van der Waals surface area contributed by atoms with Crippen molar-refractivity contribution < 1.29 is 14.3 Å². The number of hydrogen-bond donors (Lipinski definition) is 2. The molecule has 1 atom stereocenters. The zero-order valence-corrected chi connectivity index (χ0v) is 16.3. The van der Waals surface area contributed by atoms with Crippen molar-refractivity contribution in [1.29, 1.82) is 0 Å². The van der Waals surface area contributed by atoms with Crippen molar-refractivity contribution in [3.8, 4) is 0 Å². The Kier molecular flexibility index (Phi) is 6.84. The molecule has 5 nitrogen and oxygen atoms in total. The van der Waals surface area contributed by atoms with E-state index in [0.29, 0.717) is 16.6 Å². The first-order valence-electron chi connectivity index (χ1n) is 7.20. The van der Waals surface area contributed by atoms with E-state index in [9.17, 15) is 9.59 Å². The summed E-state index contributed by atoms with van der Waals surface area (Å²) < 4.78 is 5.24. The lowest BCUT2D eigenvalue weighted by Crippen LogP contribution is -2.33. The van der Waals surface area contributed by atoms with Crippen LogP contribution in [0.2, 0.25) is 10.0 Å². The van der Waals surface area contributed by atoms with Gasteiger partial charge >= 0.3 is 5.97 Å². The van der Waals surface area contributed by atoms with Gasteiger partial charge in [-0.1, -0.05) is 35.3 Å². The van der Waals surface area contributed by atoms with Crippen LogP contribution in [0.5, 0.6) is 0 Å². The minimum Gasteiger partial charge on any atom is -0.468 e. The summed E-state index contributed by atoms with van der Waals surface area (Å²) in [5.41, 5.74) is 7.31. The molecule has 0 aromatic heterocycles. The molecule has 132 valence electrons. The van der Waals surface area contributed by atoms with Crippen molar-refractivity contribution in [3.05, 3.63) is 62.0 Å². The minimum atomic E-state index is -0.751. The van der Waals surface area contributed by atoms with Crippen molar-refractivity contribution in [2.24, 2.45) is 5.73 Å². The lowest BCUT2D eigenvalue weighted by molar-refractivity contribution is -0.142. The Morgan fingerprint density at radius 2 is 1.88 bits per heavy atom. The van der Waals surface area contributed by atoms with Crippen molar-refractivity contribution in [1.82, 2.24) is 0 Å². The summed E-state index contributed by atoms with van der Waals surface area (Å²) in [6.45, 7) is 0. The van der Waals surface area contributed by atoms with Crippen LogP contribution in [0.1, 0.15) is 15.9 Å². The predicted molar refractivity (Wildman–Crippen MR) is 102 cm³/mol. The quantitative estimate of drug-likeness (QED) is 0.680. The topological polar surface area (TPSA) is 81.4 Å². The Morgan fingerprint density at radius 3 is 2.44 bits per heavy atom. The number of hydrogen-bond acceptors (Lipinski definition) is 4. The smallest absolute Gasteiger partial charge is 0.322 e. The van der Waals surface area contributed by atoms with E-state index >= 15 is 0 Å². The highest BCUT2D eigenvalue weighted by Gasteiger charge is 2.17. The second-order valence-electron chi connectivity index (χ2n) is 5.20. The number of nitrogens with two attached hydrogens (primary N) is 1. The van der Waals surface area contributed by atoms with Crippen molar-refractivity contribution in [2.75, 3.05) is 12.4 Å². The van der Waals surface area contributed by atoms with E-state index in [1.807, 2.05) is 0 Å². The molecule has 0 saturated carbocycles. The maximum absolute atomic E-state index is 12.4. The van der Waals surface area contributed by atoms with Gasteiger partial charge in [0.05, 0.1) is 28.4 Å². The Balaban J connectivity index is 2.16. The van der Waals surface area contributed by atoms with Gasteiger partial charge in [-0.3, -0.25) is 9.59 Å². The molecule has 25 heavy (non-hydrogen) atoms. The number of nitrogens with one attached hydrogen (secondary N) is 1. The average Bonchev–Trinajstić information content (AvgIpc) is 2.56. The Morgan fingerprint density at radius 1 is 1.24 bits per heavy atom. The molecule has 2 aromatic carbocycles. The molecule has 0 heterocycles. The first-order valence-corrected chi connectivity index (χ1v) is 8.75. The molecule has 0 unspecified atom stereocenters. The Bertz CT molecular complexity index is 794. The van der Waals surface area contributed by atoms with E-state index in [4.69, 9.17) is 28.9 Å². The number of benzene rings is 2. The van der Waals surface area contributed by atoms with Gasteiger partial charge in [-0.15, -0.1) is 0 Å². The number of ether oxygens (including phenoxy) is 1. The average molecular weight is 446 g/mol. The van der Waals surface area contributed by atoms with Crippen LogP contribution in [0.25, 0.3) is 0 Å². The van der Waals surface area contributed by atoms with Gasteiger partial charge in [0.15, 0.2) is 0 Å². The summed E-state index contributed by atoms with van der Waals surface area (Å²) in [6.07, 6.45) is 0.315. The fourth-order valence-corrected chi connectivity index (χ4v) is 3.27. The number of carbonyl (C=O) groups is 2. The molecule has 3 N–H and O–H groups in total. The normalized spacial score (nSPS) is 11.7. The number of anilines is 1. The van der Waals surface area contributed by atoms with Crippen LogP contribution in [0.3, 0.4) is 0 Å². The minimum absolute atomic E-state index is 0.203. The second-order valence-corrected chi connectivity index (χ2v) is 6.87. The van der Waals surface area contributed by atoms with Gasteiger partial charge in [0.1, 0.15) is 6.04 Å². The number of rotatable bonds is 5. The third-order valence-electron chi connectivity index (χ3n) is 3.43. The zero-order chi connectivity index (χ0) is 18.6. The third kappa shape index (κ3) is 4.95. The first-order chi connectivity index (χ1) is 11.8. The molecule has 0 aliphatic carbocycles. The van der Waals surface area contributed by atoms with E-state index in [1.165, 1.54) is 7.11 Å². The fraction of sp³-hybridized carbons (Fsp3) is 0.176. The SMILES string of the molecule is COC(=O)[C@@H](N)Cc1ccc(NC(=O)c2c(Cl)cccc2Cl)c(Br)c1. The van der Waals surface area contributed by atoms with Gasteiger partial charge in [0.25, 0.3) is 5.91 Å². The number of methoxy groups -OCH3 is 1. The predicted octanol–water partition coefficient (Wildman–Crippen LogP) is 4.05. The van der Waals surface area contributed by atoms with E-state index in [2.05, 4.69) is 26.0 Å². The molecule has 0 bridgehead atoms. The monoisotopic (exact) mass is 444 g/mol. The number of esters is 1. The van der Waals surface area contributed by atoms with Gasteiger partial charge in [0, 0.05) is 4.47 Å². The van der Waals surface area contributed by atoms with Gasteiger partial charge in [0.2, 0.25) is 0 Å². The van der Waals surface area contributed by atoms with E-state index in [0.717, 1.165) is 5.56 Å². The standard InChI is InChI=1S/C17H15BrCl2N2O3/c1-25-17(24)13(21)8-9-5-6-14(10(18)7-9)22-16(23)15-11(19)3-2-4-12(15)20/h2-7,13H,8,21H2,1H3,(H,22,23)/t13-/m0/s1. The number of halogens is 3. The van der Waals surface area contributed by atoms with Crippen molar-refractivity contribution in [3.63, 3.8) is 0 Å². The van der Waals surface area contributed by atoms with E-state index in [-0.39, 0.29) is 15.6 Å². The summed E-state index contributed by atoms with van der Waals surface area (Å²) in [5, 5.41) is 3.28. The molecule has 0 aliphatic rings. The largest absolute Gasteiger partial charge is 0.468 e. The van der Waals surface area contributed by atoms with Crippen LogP contribution in [-0.2, 0) is 16.0 Å². The lowest BCUT2D eigenvalue weighted by atomic mass is 10.1. The zero-order valence-electron chi connectivity index (χ0n) is 13.2. The Hall–Kier alpha value is -1.60. The lowest BCUT2D eigenvalue weighted by Gasteiger charge is -2.13. The molecule has 0 fully saturated rings. The maximum atomic E-state index is 12.4. The van der Waals surface area contributed by atoms with E-state index < -0.39 is 17.9 Å². The summed E-state index contributed by atoms with van der Waals surface area (Å²) in [4.78, 5) is 23.8. The van der Waals surface area contributed by atoms with Crippen LogP contribution in [-0.4, -0.2) is 25.0 Å². The highest BCUT2D eigenvalue weighted by Crippen LogP contribution is 2.28. The second kappa shape index (κ2) is 8.67.